The Morgan fingerprint density at radius 2 is 1.38 bits per heavy atom. The number of carbonyl (C=O) groups excluding carboxylic acids is 5. The minimum Gasteiger partial charge on any atom is -0.480 e. The van der Waals surface area contributed by atoms with Crippen LogP contribution in [-0.4, -0.2) is 70.5 Å². The average molecular weight is 477 g/mol. The van der Waals surface area contributed by atoms with Crippen LogP contribution < -0.4 is 33.2 Å². The van der Waals surface area contributed by atoms with Crippen molar-refractivity contribution in [3.05, 3.63) is 0 Å². The van der Waals surface area contributed by atoms with E-state index in [-0.39, 0.29) is 24.5 Å². The second-order valence-electron chi connectivity index (χ2n) is 7.29. The lowest BCUT2D eigenvalue weighted by atomic mass is 9.98. The molecule has 0 aromatic heterocycles. The van der Waals surface area contributed by atoms with Gasteiger partial charge in [0.25, 0.3) is 0 Å². The van der Waals surface area contributed by atoms with Crippen LogP contribution in [0.2, 0.25) is 0 Å². The highest BCUT2D eigenvalue weighted by molar-refractivity contribution is 7.80. The first-order valence-electron chi connectivity index (χ1n) is 9.90. The van der Waals surface area contributed by atoms with Gasteiger partial charge in [0.05, 0.1) is 12.5 Å². The summed E-state index contributed by atoms with van der Waals surface area (Å²) < 4.78 is 0. The zero-order valence-electron chi connectivity index (χ0n) is 18.0. The highest BCUT2D eigenvalue weighted by Crippen LogP contribution is 2.07. The van der Waals surface area contributed by atoms with Gasteiger partial charge in [-0.1, -0.05) is 20.3 Å². The maximum Gasteiger partial charge on any atom is 0.327 e. The van der Waals surface area contributed by atoms with Gasteiger partial charge in [0.1, 0.15) is 18.1 Å². The number of carboxylic acid groups (broad SMARTS) is 1. The van der Waals surface area contributed by atoms with Crippen molar-refractivity contribution in [2.45, 2.75) is 63.7 Å². The van der Waals surface area contributed by atoms with E-state index < -0.39 is 66.1 Å². The van der Waals surface area contributed by atoms with Crippen molar-refractivity contribution in [2.24, 2.45) is 23.1 Å². The molecule has 0 radical (unpaired) electrons. The molecular weight excluding hydrogens is 444 g/mol. The summed E-state index contributed by atoms with van der Waals surface area (Å²) >= 11 is 3.82. The molecule has 0 aromatic carbocycles. The predicted molar refractivity (Wildman–Crippen MR) is 117 cm³/mol. The average Bonchev–Trinajstić information content (AvgIpc) is 2.71. The summed E-state index contributed by atoms with van der Waals surface area (Å²) in [7, 11) is 0. The first-order valence-corrected chi connectivity index (χ1v) is 10.5. The molecule has 0 spiro atoms. The molecule has 0 rings (SSSR count). The van der Waals surface area contributed by atoms with Gasteiger partial charge in [0.2, 0.25) is 29.5 Å². The summed E-state index contributed by atoms with van der Waals surface area (Å²) in [6.45, 7) is 3.58. The molecule has 0 saturated carbocycles. The fourth-order valence-electron chi connectivity index (χ4n) is 2.48. The topological polar surface area (TPSA) is 237 Å². The molecular formula is C18H32N6O7S. The molecule has 14 heteroatoms. The molecule has 0 heterocycles. The molecule has 182 valence electrons. The number of carboxylic acids is 1. The van der Waals surface area contributed by atoms with Gasteiger partial charge in [-0.3, -0.25) is 24.0 Å². The van der Waals surface area contributed by atoms with Crippen LogP contribution in [0.3, 0.4) is 0 Å². The molecule has 10 N–H and O–H groups in total. The van der Waals surface area contributed by atoms with E-state index in [1.165, 1.54) is 0 Å². The number of thiol groups is 1. The minimum absolute atomic E-state index is 0.195. The summed E-state index contributed by atoms with van der Waals surface area (Å²) in [5, 5.41) is 15.8. The van der Waals surface area contributed by atoms with Gasteiger partial charge in [0.15, 0.2) is 0 Å². The van der Waals surface area contributed by atoms with Gasteiger partial charge in [-0.05, 0) is 12.3 Å². The van der Waals surface area contributed by atoms with Gasteiger partial charge >= 0.3 is 5.97 Å². The Morgan fingerprint density at radius 1 is 0.875 bits per heavy atom. The van der Waals surface area contributed by atoms with Crippen molar-refractivity contribution in [2.75, 3.05) is 5.75 Å². The molecule has 0 unspecified atom stereocenters. The van der Waals surface area contributed by atoms with E-state index in [9.17, 15) is 28.8 Å². The summed E-state index contributed by atoms with van der Waals surface area (Å²) in [6, 6.07) is -5.14. The van der Waals surface area contributed by atoms with E-state index in [1.807, 2.05) is 6.92 Å². The minimum atomic E-state index is -1.53. The summed E-state index contributed by atoms with van der Waals surface area (Å²) in [4.78, 5) is 71.2. The fourth-order valence-corrected chi connectivity index (χ4v) is 2.72. The Morgan fingerprint density at radius 3 is 1.81 bits per heavy atom. The molecule has 0 aliphatic carbocycles. The van der Waals surface area contributed by atoms with Crippen LogP contribution in [0.15, 0.2) is 0 Å². The molecule has 32 heavy (non-hydrogen) atoms. The number of nitrogens with two attached hydrogens (primary N) is 3. The van der Waals surface area contributed by atoms with E-state index in [2.05, 4.69) is 28.6 Å². The SMILES string of the molecule is CC[C@H](C)[C@H](N)C(=O)N[C@@H](CCC(N)=O)C(=O)N[C@@H](CC(N)=O)C(=O)N[C@@H](CS)C(=O)O. The number of hydrogen-bond donors (Lipinski definition) is 8. The number of hydrogen-bond acceptors (Lipinski definition) is 8. The van der Waals surface area contributed by atoms with Gasteiger partial charge in [0, 0.05) is 12.2 Å². The smallest absolute Gasteiger partial charge is 0.327 e. The van der Waals surface area contributed by atoms with Gasteiger partial charge in [-0.15, -0.1) is 0 Å². The quantitative estimate of drug-likeness (QED) is 0.113. The fraction of sp³-hybridized carbons (Fsp3) is 0.667. The van der Waals surface area contributed by atoms with Crippen molar-refractivity contribution >= 4 is 48.1 Å². The second-order valence-corrected chi connectivity index (χ2v) is 7.66. The van der Waals surface area contributed by atoms with Crippen molar-refractivity contribution in [1.82, 2.24) is 16.0 Å². The largest absolute Gasteiger partial charge is 0.480 e. The third-order valence-electron chi connectivity index (χ3n) is 4.71. The van der Waals surface area contributed by atoms with Crippen molar-refractivity contribution < 1.29 is 33.9 Å². The number of aliphatic carboxylic acids is 1. The Balaban J connectivity index is 5.54. The normalized spacial score (nSPS) is 15.4. The Kier molecular flexibility index (Phi) is 13.0. The number of primary amides is 2. The molecule has 5 amide bonds. The van der Waals surface area contributed by atoms with Crippen LogP contribution in [0, 0.1) is 5.92 Å². The lowest BCUT2D eigenvalue weighted by Crippen LogP contribution is -2.58. The molecule has 0 saturated heterocycles. The third kappa shape index (κ3) is 10.4. The van der Waals surface area contributed by atoms with Crippen LogP contribution in [-0.2, 0) is 28.8 Å². The van der Waals surface area contributed by atoms with Crippen molar-refractivity contribution in [3.63, 3.8) is 0 Å². The molecule has 5 atom stereocenters. The van der Waals surface area contributed by atoms with Crippen LogP contribution in [0.25, 0.3) is 0 Å². The maximum atomic E-state index is 12.8. The van der Waals surface area contributed by atoms with Crippen molar-refractivity contribution in [3.8, 4) is 0 Å². The monoisotopic (exact) mass is 476 g/mol. The number of carbonyl (C=O) groups is 6. The molecule has 0 aromatic rings. The summed E-state index contributed by atoms with van der Waals surface area (Å²) in [5.41, 5.74) is 16.1. The first kappa shape index (κ1) is 29.1. The third-order valence-corrected chi connectivity index (χ3v) is 5.07. The lowest BCUT2D eigenvalue weighted by molar-refractivity contribution is -0.141. The highest BCUT2D eigenvalue weighted by atomic mass is 32.1. The molecule has 0 aliphatic heterocycles. The highest BCUT2D eigenvalue weighted by Gasteiger charge is 2.31. The van der Waals surface area contributed by atoms with Crippen LogP contribution in [0.4, 0.5) is 0 Å². The number of amides is 5. The standard InChI is InChI=1S/C18H32N6O7S/c1-3-8(2)14(21)17(29)22-9(4-5-12(19)25)15(27)23-10(6-13(20)26)16(28)24-11(7-32)18(30)31/h8-11,14,32H,3-7,21H2,1-2H3,(H2,19,25)(H2,20,26)(H,22,29)(H,23,27)(H,24,28)(H,30,31)/t8-,9-,10-,11-,14-/m0/s1. The molecule has 13 nitrogen and oxygen atoms in total. The van der Waals surface area contributed by atoms with E-state index in [4.69, 9.17) is 22.3 Å². The van der Waals surface area contributed by atoms with Crippen molar-refractivity contribution in [1.29, 1.82) is 0 Å². The molecule has 0 aliphatic rings. The van der Waals surface area contributed by atoms with Crippen LogP contribution in [0.5, 0.6) is 0 Å². The second kappa shape index (κ2) is 14.2. The van der Waals surface area contributed by atoms with Crippen LogP contribution >= 0.6 is 12.6 Å². The Labute approximate surface area is 191 Å². The Hall–Kier alpha value is -2.87. The summed E-state index contributed by atoms with van der Waals surface area (Å²) in [6.07, 6.45) is -0.493. The zero-order valence-corrected chi connectivity index (χ0v) is 18.9. The zero-order chi connectivity index (χ0) is 25.0. The first-order chi connectivity index (χ1) is 14.8. The maximum absolute atomic E-state index is 12.8. The lowest BCUT2D eigenvalue weighted by Gasteiger charge is -2.25. The van der Waals surface area contributed by atoms with Gasteiger partial charge in [-0.2, -0.15) is 12.6 Å². The van der Waals surface area contributed by atoms with E-state index in [0.29, 0.717) is 6.42 Å². The predicted octanol–water partition coefficient (Wildman–Crippen LogP) is -3.03. The van der Waals surface area contributed by atoms with E-state index in [0.717, 1.165) is 0 Å². The van der Waals surface area contributed by atoms with E-state index in [1.54, 1.807) is 6.92 Å². The summed E-state index contributed by atoms with van der Waals surface area (Å²) in [5.74, 6) is -6.04. The Bertz CT molecular complexity index is 720. The molecule has 0 fully saturated rings. The number of nitrogens with one attached hydrogen (secondary N) is 3. The van der Waals surface area contributed by atoms with Gasteiger partial charge < -0.3 is 38.3 Å². The van der Waals surface area contributed by atoms with E-state index >= 15 is 0 Å². The van der Waals surface area contributed by atoms with Gasteiger partial charge in [-0.25, -0.2) is 4.79 Å². The molecule has 0 bridgehead atoms. The number of rotatable bonds is 15. The van der Waals surface area contributed by atoms with Crippen LogP contribution in [0.1, 0.15) is 39.5 Å².